The van der Waals surface area contributed by atoms with Crippen LogP contribution in [0.25, 0.3) is 21.8 Å². The number of hydrazine groups is 1. The SMILES string of the molecule is O=C(Nc1ccccc1Cl)OCc1cccc(NNc2c3ccccc3nc3ccccc23)c1. The first-order valence-corrected chi connectivity index (χ1v) is 11.1. The minimum absolute atomic E-state index is 0.118. The number of carbonyl (C=O) groups is 1. The molecule has 0 atom stereocenters. The second-order valence-corrected chi connectivity index (χ2v) is 8.06. The Hall–Kier alpha value is -4.29. The van der Waals surface area contributed by atoms with Gasteiger partial charge in [-0.1, -0.05) is 72.3 Å². The van der Waals surface area contributed by atoms with Crippen molar-refractivity contribution in [1.82, 2.24) is 4.98 Å². The summed E-state index contributed by atoms with van der Waals surface area (Å²) in [4.78, 5) is 16.9. The summed E-state index contributed by atoms with van der Waals surface area (Å²) in [5.41, 5.74) is 11.6. The molecule has 0 spiro atoms. The zero-order valence-corrected chi connectivity index (χ0v) is 18.8. The molecule has 0 aliphatic heterocycles. The fourth-order valence-corrected chi connectivity index (χ4v) is 3.89. The van der Waals surface area contributed by atoms with Gasteiger partial charge in [0.15, 0.2) is 0 Å². The number of amides is 1. The van der Waals surface area contributed by atoms with E-state index in [1.54, 1.807) is 24.3 Å². The van der Waals surface area contributed by atoms with E-state index in [4.69, 9.17) is 21.3 Å². The summed E-state index contributed by atoms with van der Waals surface area (Å²) in [6.45, 7) is 0.118. The number of nitrogens with one attached hydrogen (secondary N) is 3. The highest BCUT2D eigenvalue weighted by Gasteiger charge is 2.09. The van der Waals surface area contributed by atoms with Gasteiger partial charge in [0.2, 0.25) is 0 Å². The van der Waals surface area contributed by atoms with Crippen molar-refractivity contribution in [3.63, 3.8) is 0 Å². The number of carbonyl (C=O) groups excluding carboxylic acids is 1. The van der Waals surface area contributed by atoms with E-state index in [2.05, 4.69) is 16.2 Å². The van der Waals surface area contributed by atoms with Gasteiger partial charge in [0.25, 0.3) is 0 Å². The molecule has 0 bridgehead atoms. The van der Waals surface area contributed by atoms with Crippen LogP contribution in [0.2, 0.25) is 5.02 Å². The Bertz CT molecular complexity index is 1430. The van der Waals surface area contributed by atoms with Crippen LogP contribution in [0, 0.1) is 0 Å². The third kappa shape index (κ3) is 4.72. The highest BCUT2D eigenvalue weighted by atomic mass is 35.5. The minimum Gasteiger partial charge on any atom is -0.444 e. The highest BCUT2D eigenvalue weighted by Crippen LogP contribution is 2.30. The van der Waals surface area contributed by atoms with Crippen LogP contribution in [-0.2, 0) is 11.3 Å². The number of hydrogen-bond acceptors (Lipinski definition) is 5. The van der Waals surface area contributed by atoms with Crippen molar-refractivity contribution in [1.29, 1.82) is 0 Å². The number of nitrogens with zero attached hydrogens (tertiary/aromatic N) is 1. The van der Waals surface area contributed by atoms with Crippen LogP contribution in [0.1, 0.15) is 5.56 Å². The normalized spacial score (nSPS) is 10.7. The maximum atomic E-state index is 12.2. The van der Waals surface area contributed by atoms with Crippen molar-refractivity contribution in [2.45, 2.75) is 6.61 Å². The lowest BCUT2D eigenvalue weighted by Gasteiger charge is -2.15. The summed E-state index contributed by atoms with van der Waals surface area (Å²) >= 11 is 6.07. The Labute approximate surface area is 201 Å². The van der Waals surface area contributed by atoms with E-state index in [1.165, 1.54) is 0 Å². The molecule has 1 heterocycles. The largest absolute Gasteiger partial charge is 0.444 e. The number of benzene rings is 4. The molecule has 0 unspecified atom stereocenters. The molecule has 0 fully saturated rings. The zero-order valence-electron chi connectivity index (χ0n) is 18.1. The van der Waals surface area contributed by atoms with Crippen LogP contribution in [0.3, 0.4) is 0 Å². The Morgan fingerprint density at radius 1 is 0.794 bits per heavy atom. The lowest BCUT2D eigenvalue weighted by molar-refractivity contribution is 0.155. The molecular weight excluding hydrogens is 448 g/mol. The van der Waals surface area contributed by atoms with Crippen molar-refractivity contribution in [3.05, 3.63) is 108 Å². The van der Waals surface area contributed by atoms with Gasteiger partial charge in [-0.3, -0.25) is 10.7 Å². The number of pyridine rings is 1. The summed E-state index contributed by atoms with van der Waals surface area (Å²) in [6.07, 6.45) is -0.570. The zero-order chi connectivity index (χ0) is 23.3. The first-order chi connectivity index (χ1) is 16.7. The number of fused-ring (bicyclic) bond motifs is 2. The molecule has 1 amide bonds. The van der Waals surface area contributed by atoms with Gasteiger partial charge < -0.3 is 10.2 Å². The molecule has 7 heteroatoms. The number of halogens is 1. The van der Waals surface area contributed by atoms with E-state index in [-0.39, 0.29) is 6.61 Å². The van der Waals surface area contributed by atoms with E-state index in [1.807, 2.05) is 72.8 Å². The van der Waals surface area contributed by atoms with Crippen molar-refractivity contribution in [3.8, 4) is 0 Å². The standard InChI is InChI=1S/C27H21ClN4O2/c28-22-12-3-6-15-25(22)30-27(33)34-17-18-8-7-9-19(16-18)31-32-26-20-10-1-4-13-23(20)29-24-14-5-2-11-21(24)26/h1-16,31H,17H2,(H,29,32)(H,30,33). The fraction of sp³-hybridized carbons (Fsp3) is 0.0370. The van der Waals surface area contributed by atoms with Crippen molar-refractivity contribution in [2.24, 2.45) is 0 Å². The Kier molecular flexibility index (Phi) is 6.14. The molecule has 0 radical (unpaired) electrons. The molecule has 34 heavy (non-hydrogen) atoms. The fourth-order valence-electron chi connectivity index (χ4n) is 3.71. The predicted molar refractivity (Wildman–Crippen MR) is 138 cm³/mol. The summed E-state index contributed by atoms with van der Waals surface area (Å²) in [5, 5.41) is 5.14. The molecule has 5 aromatic rings. The molecule has 168 valence electrons. The molecule has 0 aliphatic rings. The lowest BCUT2D eigenvalue weighted by atomic mass is 10.1. The summed E-state index contributed by atoms with van der Waals surface area (Å²) in [5.74, 6) is 0. The van der Waals surface area contributed by atoms with Gasteiger partial charge >= 0.3 is 6.09 Å². The lowest BCUT2D eigenvalue weighted by Crippen LogP contribution is -2.14. The number of para-hydroxylation sites is 3. The average Bonchev–Trinajstić information content (AvgIpc) is 2.87. The molecule has 4 aromatic carbocycles. The van der Waals surface area contributed by atoms with Gasteiger partial charge in [-0.25, -0.2) is 9.78 Å². The first kappa shape index (κ1) is 21.6. The van der Waals surface area contributed by atoms with Crippen molar-refractivity contribution >= 4 is 56.6 Å². The second kappa shape index (κ2) is 9.68. The highest BCUT2D eigenvalue weighted by molar-refractivity contribution is 6.33. The van der Waals surface area contributed by atoms with E-state index in [9.17, 15) is 4.79 Å². The second-order valence-electron chi connectivity index (χ2n) is 7.65. The third-order valence-electron chi connectivity index (χ3n) is 5.33. The molecular formula is C27H21ClN4O2. The maximum Gasteiger partial charge on any atom is 0.412 e. The van der Waals surface area contributed by atoms with Crippen LogP contribution in [0.4, 0.5) is 21.9 Å². The summed E-state index contributed by atoms with van der Waals surface area (Å²) in [7, 11) is 0. The van der Waals surface area contributed by atoms with Crippen LogP contribution in [0.5, 0.6) is 0 Å². The Morgan fingerprint density at radius 3 is 2.21 bits per heavy atom. The van der Waals surface area contributed by atoms with Crippen LogP contribution < -0.4 is 16.2 Å². The molecule has 0 saturated heterocycles. The van der Waals surface area contributed by atoms with Gasteiger partial charge in [0.1, 0.15) is 6.61 Å². The summed E-state index contributed by atoms with van der Waals surface area (Å²) < 4.78 is 5.35. The third-order valence-corrected chi connectivity index (χ3v) is 5.66. The first-order valence-electron chi connectivity index (χ1n) is 10.7. The predicted octanol–water partition coefficient (Wildman–Crippen LogP) is 7.23. The molecule has 6 nitrogen and oxygen atoms in total. The van der Waals surface area contributed by atoms with Crippen molar-refractivity contribution < 1.29 is 9.53 Å². The molecule has 5 rings (SSSR count). The number of rotatable bonds is 6. The van der Waals surface area contributed by atoms with Crippen LogP contribution >= 0.6 is 11.6 Å². The van der Waals surface area contributed by atoms with Crippen LogP contribution in [0.15, 0.2) is 97.1 Å². The Morgan fingerprint density at radius 2 is 1.47 bits per heavy atom. The van der Waals surface area contributed by atoms with E-state index < -0.39 is 6.09 Å². The topological polar surface area (TPSA) is 75.3 Å². The molecule has 3 N–H and O–H groups in total. The minimum atomic E-state index is -0.570. The van der Waals surface area contributed by atoms with Gasteiger partial charge in [0.05, 0.1) is 33.1 Å². The monoisotopic (exact) mass is 468 g/mol. The van der Waals surface area contributed by atoms with E-state index in [0.717, 1.165) is 38.7 Å². The van der Waals surface area contributed by atoms with E-state index in [0.29, 0.717) is 10.7 Å². The van der Waals surface area contributed by atoms with Gasteiger partial charge in [-0.2, -0.15) is 0 Å². The number of aromatic nitrogens is 1. The van der Waals surface area contributed by atoms with Gasteiger partial charge in [-0.05, 0) is 42.0 Å². The summed E-state index contributed by atoms with van der Waals surface area (Å²) in [6, 6.07) is 30.7. The van der Waals surface area contributed by atoms with Crippen LogP contribution in [-0.4, -0.2) is 11.1 Å². The quantitative estimate of drug-likeness (QED) is 0.181. The van der Waals surface area contributed by atoms with Crippen molar-refractivity contribution in [2.75, 3.05) is 16.2 Å². The molecule has 0 aliphatic carbocycles. The molecule has 1 aromatic heterocycles. The smallest absolute Gasteiger partial charge is 0.412 e. The number of hydrogen-bond donors (Lipinski definition) is 3. The maximum absolute atomic E-state index is 12.2. The molecule has 0 saturated carbocycles. The number of ether oxygens (including phenoxy) is 1. The van der Waals surface area contributed by atoms with E-state index >= 15 is 0 Å². The average molecular weight is 469 g/mol. The Balaban J connectivity index is 1.29. The van der Waals surface area contributed by atoms with Gasteiger partial charge in [0, 0.05) is 10.8 Å². The number of anilines is 3. The van der Waals surface area contributed by atoms with Gasteiger partial charge in [-0.15, -0.1) is 0 Å².